The molecule has 0 unspecified atom stereocenters. The van der Waals surface area contributed by atoms with E-state index in [1.165, 1.54) is 5.56 Å². The lowest BCUT2D eigenvalue weighted by molar-refractivity contribution is 0.00534. The number of benzene rings is 2. The first-order valence-electron chi connectivity index (χ1n) is 11.4. The standard InChI is InChI=1S/C25H36N4O2/c1-2-26-25(28-19-21-9-11-23(30)12-10-21)27-15-6-18-31-24-13-16-29(17-14-24)20-22-7-4-3-5-8-22/h3-5,7-12,24,30H,2,6,13-20H2,1H3,(H2,26,27,28). The Morgan fingerprint density at radius 2 is 1.77 bits per heavy atom. The zero-order valence-electron chi connectivity index (χ0n) is 18.6. The minimum Gasteiger partial charge on any atom is -0.508 e. The molecule has 6 heteroatoms. The van der Waals surface area contributed by atoms with Gasteiger partial charge in [-0.15, -0.1) is 0 Å². The van der Waals surface area contributed by atoms with Crippen molar-refractivity contribution in [2.24, 2.45) is 4.99 Å². The van der Waals surface area contributed by atoms with Crippen molar-refractivity contribution in [1.82, 2.24) is 15.5 Å². The highest BCUT2D eigenvalue weighted by atomic mass is 16.5. The first-order chi connectivity index (χ1) is 15.2. The molecular weight excluding hydrogens is 388 g/mol. The summed E-state index contributed by atoms with van der Waals surface area (Å²) in [5, 5.41) is 16.0. The van der Waals surface area contributed by atoms with Crippen LogP contribution < -0.4 is 10.6 Å². The van der Waals surface area contributed by atoms with Gasteiger partial charge in [-0.05, 0) is 49.4 Å². The molecule has 2 aromatic carbocycles. The van der Waals surface area contributed by atoms with Gasteiger partial charge in [0.2, 0.25) is 0 Å². The van der Waals surface area contributed by atoms with Crippen molar-refractivity contribution in [3.8, 4) is 5.75 Å². The smallest absolute Gasteiger partial charge is 0.191 e. The summed E-state index contributed by atoms with van der Waals surface area (Å²) in [5.74, 6) is 1.09. The Labute approximate surface area is 186 Å². The summed E-state index contributed by atoms with van der Waals surface area (Å²) in [7, 11) is 0. The van der Waals surface area contributed by atoms with E-state index in [9.17, 15) is 5.11 Å². The molecule has 168 valence electrons. The zero-order valence-corrected chi connectivity index (χ0v) is 18.6. The number of hydrogen-bond acceptors (Lipinski definition) is 4. The maximum atomic E-state index is 9.38. The lowest BCUT2D eigenvalue weighted by atomic mass is 10.1. The van der Waals surface area contributed by atoms with Crippen LogP contribution in [-0.4, -0.2) is 54.9 Å². The minimum atomic E-state index is 0.277. The van der Waals surface area contributed by atoms with Crippen LogP contribution in [0.25, 0.3) is 0 Å². The van der Waals surface area contributed by atoms with Crippen LogP contribution in [0.15, 0.2) is 59.6 Å². The molecule has 31 heavy (non-hydrogen) atoms. The second-order valence-corrected chi connectivity index (χ2v) is 7.97. The van der Waals surface area contributed by atoms with Crippen LogP contribution in [0, 0.1) is 0 Å². The highest BCUT2D eigenvalue weighted by Gasteiger charge is 2.19. The minimum absolute atomic E-state index is 0.277. The largest absolute Gasteiger partial charge is 0.508 e. The number of piperidine rings is 1. The Bertz CT molecular complexity index is 772. The Kier molecular flexibility index (Phi) is 9.67. The van der Waals surface area contributed by atoms with Gasteiger partial charge >= 0.3 is 0 Å². The van der Waals surface area contributed by atoms with Gasteiger partial charge in [0.1, 0.15) is 5.75 Å². The number of aromatic hydroxyl groups is 1. The van der Waals surface area contributed by atoms with Crippen molar-refractivity contribution in [3.63, 3.8) is 0 Å². The third-order valence-corrected chi connectivity index (χ3v) is 5.45. The number of hydrogen-bond donors (Lipinski definition) is 3. The van der Waals surface area contributed by atoms with Crippen LogP contribution in [0.5, 0.6) is 5.75 Å². The van der Waals surface area contributed by atoms with Crippen LogP contribution >= 0.6 is 0 Å². The molecule has 0 atom stereocenters. The van der Waals surface area contributed by atoms with Crippen molar-refractivity contribution in [2.45, 2.75) is 45.4 Å². The van der Waals surface area contributed by atoms with Gasteiger partial charge in [0.05, 0.1) is 12.6 Å². The topological polar surface area (TPSA) is 69.1 Å². The zero-order chi connectivity index (χ0) is 21.7. The van der Waals surface area contributed by atoms with Crippen LogP contribution in [0.2, 0.25) is 0 Å². The monoisotopic (exact) mass is 424 g/mol. The summed E-state index contributed by atoms with van der Waals surface area (Å²) in [4.78, 5) is 7.13. The summed E-state index contributed by atoms with van der Waals surface area (Å²) in [5.41, 5.74) is 2.45. The van der Waals surface area contributed by atoms with E-state index >= 15 is 0 Å². The third-order valence-electron chi connectivity index (χ3n) is 5.45. The number of nitrogens with one attached hydrogen (secondary N) is 2. The number of likely N-dealkylation sites (tertiary alicyclic amines) is 1. The van der Waals surface area contributed by atoms with Crippen molar-refractivity contribution in [2.75, 3.05) is 32.8 Å². The second-order valence-electron chi connectivity index (χ2n) is 7.97. The van der Waals surface area contributed by atoms with E-state index in [4.69, 9.17) is 4.74 Å². The van der Waals surface area contributed by atoms with Gasteiger partial charge in [0, 0.05) is 39.3 Å². The molecule has 6 nitrogen and oxygen atoms in total. The summed E-state index contributed by atoms with van der Waals surface area (Å²) >= 11 is 0. The molecule has 1 fully saturated rings. The van der Waals surface area contributed by atoms with E-state index in [2.05, 4.69) is 57.8 Å². The van der Waals surface area contributed by atoms with Gasteiger partial charge < -0.3 is 20.5 Å². The van der Waals surface area contributed by atoms with Crippen molar-refractivity contribution in [1.29, 1.82) is 0 Å². The maximum absolute atomic E-state index is 9.38. The molecule has 1 heterocycles. The molecule has 0 aromatic heterocycles. The Hall–Kier alpha value is -2.57. The summed E-state index contributed by atoms with van der Waals surface area (Å²) < 4.78 is 6.11. The number of phenols is 1. The Morgan fingerprint density at radius 3 is 2.48 bits per heavy atom. The Balaban J connectivity index is 1.29. The van der Waals surface area contributed by atoms with Gasteiger partial charge in [-0.1, -0.05) is 42.5 Å². The van der Waals surface area contributed by atoms with E-state index in [1.54, 1.807) is 12.1 Å². The average molecular weight is 425 g/mol. The van der Waals surface area contributed by atoms with Gasteiger partial charge in [-0.2, -0.15) is 0 Å². The Morgan fingerprint density at radius 1 is 1.03 bits per heavy atom. The molecule has 0 bridgehead atoms. The molecule has 0 radical (unpaired) electrons. The van der Waals surface area contributed by atoms with Crippen molar-refractivity contribution in [3.05, 3.63) is 65.7 Å². The van der Waals surface area contributed by atoms with E-state index in [-0.39, 0.29) is 5.75 Å². The number of aliphatic imine (C=N–C) groups is 1. The summed E-state index contributed by atoms with van der Waals surface area (Å²) in [6.45, 7) is 8.30. The number of nitrogens with zero attached hydrogens (tertiary/aromatic N) is 2. The molecule has 1 aliphatic rings. The predicted octanol–water partition coefficient (Wildman–Crippen LogP) is 3.52. The van der Waals surface area contributed by atoms with Crippen molar-refractivity contribution >= 4 is 5.96 Å². The molecular formula is C25H36N4O2. The fourth-order valence-electron chi connectivity index (χ4n) is 3.72. The van der Waals surface area contributed by atoms with E-state index in [0.717, 1.165) is 70.1 Å². The first-order valence-corrected chi connectivity index (χ1v) is 11.4. The van der Waals surface area contributed by atoms with Crippen LogP contribution in [-0.2, 0) is 17.8 Å². The molecule has 2 aromatic rings. The fraction of sp³-hybridized carbons (Fsp3) is 0.480. The van der Waals surface area contributed by atoms with Crippen LogP contribution in [0.1, 0.15) is 37.3 Å². The molecule has 1 saturated heterocycles. The average Bonchev–Trinajstić information content (AvgIpc) is 2.80. The number of phenolic OH excluding ortho intramolecular Hbond substituents is 1. The number of ether oxygens (including phenoxy) is 1. The quantitative estimate of drug-likeness (QED) is 0.309. The maximum Gasteiger partial charge on any atom is 0.191 e. The van der Waals surface area contributed by atoms with E-state index < -0.39 is 0 Å². The molecule has 0 spiro atoms. The normalized spacial score (nSPS) is 15.7. The van der Waals surface area contributed by atoms with E-state index in [0.29, 0.717) is 12.6 Å². The third kappa shape index (κ3) is 8.59. The SMILES string of the molecule is CCNC(=NCc1ccc(O)cc1)NCCCOC1CCN(Cc2ccccc2)CC1. The predicted molar refractivity (Wildman–Crippen MR) is 126 cm³/mol. The second kappa shape index (κ2) is 13.0. The van der Waals surface area contributed by atoms with Gasteiger partial charge in [-0.3, -0.25) is 4.90 Å². The fourth-order valence-corrected chi connectivity index (χ4v) is 3.72. The number of rotatable bonds is 10. The van der Waals surface area contributed by atoms with Crippen molar-refractivity contribution < 1.29 is 9.84 Å². The number of guanidine groups is 1. The van der Waals surface area contributed by atoms with Crippen LogP contribution in [0.3, 0.4) is 0 Å². The summed E-state index contributed by atoms with van der Waals surface area (Å²) in [6.07, 6.45) is 3.55. The highest BCUT2D eigenvalue weighted by molar-refractivity contribution is 5.79. The molecule has 0 saturated carbocycles. The highest BCUT2D eigenvalue weighted by Crippen LogP contribution is 2.16. The van der Waals surface area contributed by atoms with Gasteiger partial charge in [0.25, 0.3) is 0 Å². The first kappa shape index (κ1) is 23.1. The lowest BCUT2D eigenvalue weighted by Gasteiger charge is -2.32. The van der Waals surface area contributed by atoms with Crippen LogP contribution in [0.4, 0.5) is 0 Å². The molecule has 0 amide bonds. The van der Waals surface area contributed by atoms with E-state index in [1.807, 2.05) is 12.1 Å². The molecule has 1 aliphatic heterocycles. The molecule has 3 N–H and O–H groups in total. The van der Waals surface area contributed by atoms with Gasteiger partial charge in [-0.25, -0.2) is 4.99 Å². The van der Waals surface area contributed by atoms with Gasteiger partial charge in [0.15, 0.2) is 5.96 Å². The molecule has 0 aliphatic carbocycles. The summed E-state index contributed by atoms with van der Waals surface area (Å²) in [6, 6.07) is 17.8. The molecule has 3 rings (SSSR count). The lowest BCUT2D eigenvalue weighted by Crippen LogP contribution is -2.38.